The van der Waals surface area contributed by atoms with Crippen molar-refractivity contribution >= 4 is 15.2 Å². The van der Waals surface area contributed by atoms with Crippen molar-refractivity contribution in [2.75, 3.05) is 12.3 Å². The molecule has 0 amide bonds. The van der Waals surface area contributed by atoms with Gasteiger partial charge in [-0.1, -0.05) is 51.1 Å². The van der Waals surface area contributed by atoms with Gasteiger partial charge in [0.1, 0.15) is 0 Å². The predicted molar refractivity (Wildman–Crippen MR) is 86.0 cm³/mol. The standard InChI is InChI=1S/C15H29PSi/c1-9-16(10-2)17(7,8)15(6)11-12(3)13(4)14(15)5/h11H,9-10H2,1-8H3. The zero-order valence-corrected chi connectivity index (χ0v) is 14.8. The Morgan fingerprint density at radius 1 is 1.12 bits per heavy atom. The smallest absolute Gasteiger partial charge is 0.0890 e. The summed E-state index contributed by atoms with van der Waals surface area (Å²) in [5.41, 5.74) is 4.73. The van der Waals surface area contributed by atoms with E-state index in [-0.39, 0.29) is 7.47 Å². The van der Waals surface area contributed by atoms with Crippen LogP contribution < -0.4 is 0 Å². The van der Waals surface area contributed by atoms with Crippen LogP contribution in [-0.2, 0) is 0 Å². The Bertz CT molecular complexity index is 361. The van der Waals surface area contributed by atoms with Crippen LogP contribution in [0.3, 0.4) is 0 Å². The van der Waals surface area contributed by atoms with Gasteiger partial charge in [-0.15, -0.1) is 7.47 Å². The van der Waals surface area contributed by atoms with Gasteiger partial charge in [0, 0.05) is 5.04 Å². The molecule has 0 saturated heterocycles. The second-order valence-corrected chi connectivity index (χ2v) is 17.8. The number of hydrogen-bond acceptors (Lipinski definition) is 0. The molecular formula is C15H29PSi. The van der Waals surface area contributed by atoms with Crippen LogP contribution in [0.2, 0.25) is 18.1 Å². The summed E-state index contributed by atoms with van der Waals surface area (Å²) in [5, 5.41) is 0.402. The maximum atomic E-state index is 2.62. The molecule has 0 N–H and O–H groups in total. The lowest BCUT2D eigenvalue weighted by atomic mass is 10.0. The van der Waals surface area contributed by atoms with Gasteiger partial charge < -0.3 is 0 Å². The Morgan fingerprint density at radius 2 is 1.59 bits per heavy atom. The van der Waals surface area contributed by atoms with E-state index in [0.29, 0.717) is 5.04 Å². The number of hydrogen-bond donors (Lipinski definition) is 0. The Morgan fingerprint density at radius 3 is 1.88 bits per heavy atom. The van der Waals surface area contributed by atoms with Gasteiger partial charge in [-0.05, 0) is 38.7 Å². The van der Waals surface area contributed by atoms with Gasteiger partial charge in [-0.3, -0.25) is 0 Å². The first-order chi connectivity index (χ1) is 7.72. The molecule has 0 aromatic heterocycles. The van der Waals surface area contributed by atoms with Gasteiger partial charge in [-0.2, -0.15) is 0 Å². The first-order valence-electron chi connectivity index (χ1n) is 6.85. The predicted octanol–water partition coefficient (Wildman–Crippen LogP) is 5.77. The Balaban J connectivity index is 3.25. The SMILES string of the molecule is CCP(CC)[Si](C)(C)C1(C)C=C(C)C(C)=C1C. The van der Waals surface area contributed by atoms with E-state index in [1.54, 1.807) is 11.1 Å². The second-order valence-electron chi connectivity index (χ2n) is 6.01. The lowest BCUT2D eigenvalue weighted by Crippen LogP contribution is -2.39. The molecular weight excluding hydrogens is 239 g/mol. The molecule has 98 valence electrons. The van der Waals surface area contributed by atoms with Gasteiger partial charge in [0.05, 0.1) is 7.74 Å². The summed E-state index contributed by atoms with van der Waals surface area (Å²) in [5.74, 6) is 0. The molecule has 0 aromatic carbocycles. The third-order valence-corrected chi connectivity index (χ3v) is 19.5. The van der Waals surface area contributed by atoms with E-state index in [9.17, 15) is 0 Å². The Kier molecular flexibility index (Phi) is 4.48. The van der Waals surface area contributed by atoms with Crippen molar-refractivity contribution in [2.24, 2.45) is 0 Å². The zero-order chi connectivity index (χ0) is 13.4. The third kappa shape index (κ3) is 2.21. The van der Waals surface area contributed by atoms with Crippen LogP contribution in [-0.4, -0.2) is 20.1 Å². The van der Waals surface area contributed by atoms with E-state index in [2.05, 4.69) is 60.7 Å². The van der Waals surface area contributed by atoms with Gasteiger partial charge in [0.15, 0.2) is 0 Å². The van der Waals surface area contributed by atoms with Crippen LogP contribution in [0.25, 0.3) is 0 Å². The van der Waals surface area contributed by atoms with Crippen molar-refractivity contribution in [3.05, 3.63) is 22.8 Å². The molecule has 0 saturated carbocycles. The lowest BCUT2D eigenvalue weighted by Gasteiger charge is -2.45. The molecule has 0 radical (unpaired) electrons. The fourth-order valence-electron chi connectivity index (χ4n) is 3.31. The second kappa shape index (κ2) is 5.01. The monoisotopic (exact) mass is 268 g/mol. The summed E-state index contributed by atoms with van der Waals surface area (Å²) in [4.78, 5) is 0. The molecule has 0 bridgehead atoms. The van der Waals surface area contributed by atoms with Crippen LogP contribution in [0.15, 0.2) is 22.8 Å². The molecule has 0 fully saturated rings. The fourth-order valence-corrected chi connectivity index (χ4v) is 15.1. The molecule has 1 aliphatic carbocycles. The van der Waals surface area contributed by atoms with Crippen molar-refractivity contribution < 1.29 is 0 Å². The molecule has 2 heteroatoms. The van der Waals surface area contributed by atoms with E-state index in [1.807, 2.05) is 0 Å². The normalized spacial score (nSPS) is 25.8. The van der Waals surface area contributed by atoms with Gasteiger partial charge in [-0.25, -0.2) is 0 Å². The summed E-state index contributed by atoms with van der Waals surface area (Å²) in [6.45, 7) is 19.5. The molecule has 1 rings (SSSR count). The average molecular weight is 268 g/mol. The topological polar surface area (TPSA) is 0 Å². The molecule has 0 aliphatic heterocycles. The highest BCUT2D eigenvalue weighted by molar-refractivity contribution is 7.95. The molecule has 1 unspecified atom stereocenters. The largest absolute Gasteiger partial charge is 0.118 e. The highest BCUT2D eigenvalue weighted by Gasteiger charge is 2.48. The van der Waals surface area contributed by atoms with Crippen molar-refractivity contribution in [1.82, 2.24) is 0 Å². The lowest BCUT2D eigenvalue weighted by molar-refractivity contribution is 0.865. The van der Waals surface area contributed by atoms with E-state index < -0.39 is 7.74 Å². The van der Waals surface area contributed by atoms with Gasteiger partial charge in [0.25, 0.3) is 0 Å². The summed E-state index contributed by atoms with van der Waals surface area (Å²) in [6, 6.07) is 0. The molecule has 0 aromatic rings. The molecule has 1 aliphatic rings. The average Bonchev–Trinajstić information content (AvgIpc) is 2.45. The van der Waals surface area contributed by atoms with Crippen LogP contribution in [0, 0.1) is 0 Å². The highest BCUT2D eigenvalue weighted by Crippen LogP contribution is 2.64. The van der Waals surface area contributed by atoms with E-state index in [0.717, 1.165) is 0 Å². The molecule has 0 spiro atoms. The van der Waals surface area contributed by atoms with E-state index in [1.165, 1.54) is 17.9 Å². The number of allylic oxidation sites excluding steroid dienone is 4. The van der Waals surface area contributed by atoms with Crippen LogP contribution in [0.4, 0.5) is 0 Å². The summed E-state index contributed by atoms with van der Waals surface area (Å²) < 4.78 is 0. The Hall–Kier alpha value is 0.127. The van der Waals surface area contributed by atoms with Crippen LogP contribution in [0.5, 0.6) is 0 Å². The highest BCUT2D eigenvalue weighted by atomic mass is 31.4. The van der Waals surface area contributed by atoms with Gasteiger partial charge >= 0.3 is 0 Å². The zero-order valence-electron chi connectivity index (χ0n) is 12.9. The van der Waals surface area contributed by atoms with Crippen LogP contribution >= 0.6 is 7.47 Å². The van der Waals surface area contributed by atoms with E-state index in [4.69, 9.17) is 0 Å². The van der Waals surface area contributed by atoms with Crippen molar-refractivity contribution in [3.63, 3.8) is 0 Å². The number of rotatable bonds is 4. The first kappa shape index (κ1) is 15.2. The minimum absolute atomic E-state index is 0.236. The van der Waals surface area contributed by atoms with Crippen LogP contribution in [0.1, 0.15) is 41.5 Å². The quantitative estimate of drug-likeness (QED) is 0.448. The van der Waals surface area contributed by atoms with E-state index >= 15 is 0 Å². The minimum Gasteiger partial charge on any atom is -0.118 e. The van der Waals surface area contributed by atoms with Gasteiger partial charge in [0.2, 0.25) is 0 Å². The third-order valence-electron chi connectivity index (χ3n) is 5.26. The summed E-state index contributed by atoms with van der Waals surface area (Å²) in [7, 11) is -1.00. The molecule has 17 heavy (non-hydrogen) atoms. The minimum atomic E-state index is -1.24. The van der Waals surface area contributed by atoms with Crippen molar-refractivity contribution in [1.29, 1.82) is 0 Å². The first-order valence-corrected chi connectivity index (χ1v) is 12.4. The summed E-state index contributed by atoms with van der Waals surface area (Å²) in [6.07, 6.45) is 5.39. The maximum absolute atomic E-state index is 2.62. The van der Waals surface area contributed by atoms with Crippen molar-refractivity contribution in [3.8, 4) is 0 Å². The molecule has 0 nitrogen and oxygen atoms in total. The molecule has 0 heterocycles. The maximum Gasteiger partial charge on any atom is 0.0890 e. The Labute approximate surface area is 110 Å². The summed E-state index contributed by atoms with van der Waals surface area (Å²) >= 11 is 0. The fraction of sp³-hybridized carbons (Fsp3) is 0.733. The van der Waals surface area contributed by atoms with Crippen molar-refractivity contribution in [2.45, 2.75) is 59.7 Å². The molecule has 1 atom stereocenters.